The maximum atomic E-state index is 9.63. The molecule has 0 spiro atoms. The van der Waals surface area contributed by atoms with E-state index >= 15 is 0 Å². The third-order valence-corrected chi connectivity index (χ3v) is 4.37. The average Bonchev–Trinajstić information content (AvgIpc) is 2.94. The molecule has 3 nitrogen and oxygen atoms in total. The number of hydrogen-bond acceptors (Lipinski definition) is 2. The lowest BCUT2D eigenvalue weighted by atomic mass is 9.96. The summed E-state index contributed by atoms with van der Waals surface area (Å²) in [5.74, 6) is 0.208. The van der Waals surface area contributed by atoms with E-state index in [2.05, 4.69) is 53.1 Å². The summed E-state index contributed by atoms with van der Waals surface area (Å²) < 4.78 is 3.10. The van der Waals surface area contributed by atoms with Crippen LogP contribution < -0.4 is 0 Å². The van der Waals surface area contributed by atoms with E-state index in [-0.39, 0.29) is 12.5 Å². The summed E-state index contributed by atoms with van der Waals surface area (Å²) >= 11 is 3.49. The Balaban J connectivity index is 2.00. The molecule has 0 aliphatic carbocycles. The van der Waals surface area contributed by atoms with E-state index in [0.717, 1.165) is 29.4 Å². The van der Waals surface area contributed by atoms with Crippen LogP contribution >= 0.6 is 15.9 Å². The van der Waals surface area contributed by atoms with Gasteiger partial charge in [-0.05, 0) is 55.9 Å². The molecule has 0 amide bonds. The SMILES string of the molecule is CCC(C)n1ccc(CC(CO)Cc2cccc(Br)c2)n1. The van der Waals surface area contributed by atoms with Gasteiger partial charge in [0.25, 0.3) is 0 Å². The summed E-state index contributed by atoms with van der Waals surface area (Å²) in [7, 11) is 0. The molecule has 2 rings (SSSR count). The van der Waals surface area contributed by atoms with Crippen LogP contribution in [0.5, 0.6) is 0 Å². The predicted octanol–water partition coefficient (Wildman–Crippen LogP) is 4.01. The van der Waals surface area contributed by atoms with E-state index in [0.29, 0.717) is 6.04 Å². The highest BCUT2D eigenvalue weighted by Gasteiger charge is 2.13. The van der Waals surface area contributed by atoms with Gasteiger partial charge in [0.05, 0.1) is 5.69 Å². The Bertz CT molecular complexity index is 567. The van der Waals surface area contributed by atoms with E-state index in [1.54, 1.807) is 0 Å². The third kappa shape index (κ3) is 4.68. The maximum Gasteiger partial charge on any atom is 0.0628 e. The Kier molecular flexibility index (Phi) is 6.00. The molecule has 0 fully saturated rings. The van der Waals surface area contributed by atoms with Crippen molar-refractivity contribution >= 4 is 15.9 Å². The molecule has 2 unspecified atom stereocenters. The van der Waals surface area contributed by atoms with Gasteiger partial charge < -0.3 is 5.11 Å². The lowest BCUT2D eigenvalue weighted by molar-refractivity contribution is 0.223. The van der Waals surface area contributed by atoms with Gasteiger partial charge in [-0.1, -0.05) is 35.0 Å². The average molecular weight is 351 g/mol. The first-order valence-electron chi connectivity index (χ1n) is 7.51. The number of nitrogens with zero attached hydrogens (tertiary/aromatic N) is 2. The van der Waals surface area contributed by atoms with Crippen molar-refractivity contribution in [3.05, 3.63) is 52.3 Å². The molecule has 0 aliphatic heterocycles. The third-order valence-electron chi connectivity index (χ3n) is 3.88. The van der Waals surface area contributed by atoms with Crippen LogP contribution in [0, 0.1) is 5.92 Å². The molecule has 2 atom stereocenters. The monoisotopic (exact) mass is 350 g/mol. The van der Waals surface area contributed by atoms with E-state index in [1.165, 1.54) is 5.56 Å². The van der Waals surface area contributed by atoms with Crippen LogP contribution in [0.2, 0.25) is 0 Å². The number of hydrogen-bond donors (Lipinski definition) is 1. The second-order valence-electron chi connectivity index (χ2n) is 5.63. The van der Waals surface area contributed by atoms with Crippen molar-refractivity contribution in [2.24, 2.45) is 5.92 Å². The Hall–Kier alpha value is -1.13. The molecule has 2 aromatic rings. The van der Waals surface area contributed by atoms with Crippen LogP contribution in [-0.4, -0.2) is 21.5 Å². The van der Waals surface area contributed by atoms with Gasteiger partial charge in [-0.2, -0.15) is 5.10 Å². The Morgan fingerprint density at radius 1 is 1.29 bits per heavy atom. The van der Waals surface area contributed by atoms with Gasteiger partial charge >= 0.3 is 0 Å². The minimum absolute atomic E-state index is 0.183. The summed E-state index contributed by atoms with van der Waals surface area (Å²) in [6.45, 7) is 4.51. The fourth-order valence-corrected chi connectivity index (χ4v) is 2.86. The van der Waals surface area contributed by atoms with Crippen molar-refractivity contribution in [3.8, 4) is 0 Å². The minimum atomic E-state index is 0.183. The fourth-order valence-electron chi connectivity index (χ4n) is 2.41. The van der Waals surface area contributed by atoms with Gasteiger partial charge in [-0.25, -0.2) is 0 Å². The highest BCUT2D eigenvalue weighted by Crippen LogP contribution is 2.18. The molecule has 0 saturated carbocycles. The van der Waals surface area contributed by atoms with Crippen LogP contribution in [-0.2, 0) is 12.8 Å². The van der Waals surface area contributed by atoms with Crippen LogP contribution in [0.15, 0.2) is 41.0 Å². The molecule has 0 aliphatic rings. The molecule has 4 heteroatoms. The van der Waals surface area contributed by atoms with Crippen LogP contribution in [0.3, 0.4) is 0 Å². The van der Waals surface area contributed by atoms with Gasteiger partial charge in [-0.15, -0.1) is 0 Å². The number of halogens is 1. The zero-order chi connectivity index (χ0) is 15.2. The second kappa shape index (κ2) is 7.76. The van der Waals surface area contributed by atoms with Crippen LogP contribution in [0.1, 0.15) is 37.6 Å². The summed E-state index contributed by atoms with van der Waals surface area (Å²) in [4.78, 5) is 0. The maximum absolute atomic E-state index is 9.63. The van der Waals surface area contributed by atoms with Crippen molar-refractivity contribution in [2.75, 3.05) is 6.61 Å². The zero-order valence-corrected chi connectivity index (χ0v) is 14.3. The molecule has 0 bridgehead atoms. The molecule has 0 saturated heterocycles. The van der Waals surface area contributed by atoms with Crippen molar-refractivity contribution < 1.29 is 5.11 Å². The minimum Gasteiger partial charge on any atom is -0.396 e. The number of benzene rings is 1. The van der Waals surface area contributed by atoms with Gasteiger partial charge in [0.15, 0.2) is 0 Å². The van der Waals surface area contributed by atoms with Gasteiger partial charge in [-0.3, -0.25) is 4.68 Å². The molecule has 114 valence electrons. The van der Waals surface area contributed by atoms with Crippen molar-refractivity contribution in [1.29, 1.82) is 0 Å². The van der Waals surface area contributed by atoms with Gasteiger partial charge in [0.1, 0.15) is 0 Å². The van der Waals surface area contributed by atoms with E-state index in [1.807, 2.05) is 23.0 Å². The number of aliphatic hydroxyl groups excluding tert-OH is 1. The van der Waals surface area contributed by atoms with Crippen LogP contribution in [0.4, 0.5) is 0 Å². The molecule has 21 heavy (non-hydrogen) atoms. The molecule has 1 aromatic carbocycles. The molecule has 1 N–H and O–H groups in total. The quantitative estimate of drug-likeness (QED) is 0.819. The summed E-state index contributed by atoms with van der Waals surface area (Å²) in [5, 5.41) is 14.3. The van der Waals surface area contributed by atoms with Crippen LogP contribution in [0.25, 0.3) is 0 Å². The Labute approximate surface area is 135 Å². The summed E-state index contributed by atoms with van der Waals surface area (Å²) in [6.07, 6.45) is 4.79. The lowest BCUT2D eigenvalue weighted by Crippen LogP contribution is -2.14. The fraction of sp³-hybridized carbons (Fsp3) is 0.471. The Morgan fingerprint density at radius 2 is 2.10 bits per heavy atom. The van der Waals surface area contributed by atoms with Gasteiger partial charge in [0.2, 0.25) is 0 Å². The first-order valence-corrected chi connectivity index (χ1v) is 8.31. The lowest BCUT2D eigenvalue weighted by Gasteiger charge is -2.13. The molecule has 1 aromatic heterocycles. The number of rotatable bonds is 7. The molecule has 1 heterocycles. The summed E-state index contributed by atoms with van der Waals surface area (Å²) in [5.41, 5.74) is 2.30. The molecule has 0 radical (unpaired) electrons. The highest BCUT2D eigenvalue weighted by molar-refractivity contribution is 9.10. The first-order chi connectivity index (χ1) is 10.1. The van der Waals surface area contributed by atoms with Gasteiger partial charge in [0, 0.05) is 23.3 Å². The number of aliphatic hydroxyl groups is 1. The van der Waals surface area contributed by atoms with Crippen molar-refractivity contribution in [3.63, 3.8) is 0 Å². The smallest absolute Gasteiger partial charge is 0.0628 e. The normalized spacial score (nSPS) is 14.1. The van der Waals surface area contributed by atoms with E-state index in [4.69, 9.17) is 0 Å². The first kappa shape index (κ1) is 16.2. The summed E-state index contributed by atoms with van der Waals surface area (Å²) in [6, 6.07) is 10.8. The highest BCUT2D eigenvalue weighted by atomic mass is 79.9. The Morgan fingerprint density at radius 3 is 2.76 bits per heavy atom. The topological polar surface area (TPSA) is 38.0 Å². The number of aromatic nitrogens is 2. The predicted molar refractivity (Wildman–Crippen MR) is 89.4 cm³/mol. The molecular weight excluding hydrogens is 328 g/mol. The van der Waals surface area contributed by atoms with E-state index in [9.17, 15) is 5.11 Å². The standard InChI is InChI=1S/C17H23BrN2O/c1-3-13(2)20-8-7-17(19-20)11-15(12-21)9-14-5-4-6-16(18)10-14/h4-8,10,13,15,21H,3,9,11-12H2,1-2H3. The van der Waals surface area contributed by atoms with Crippen molar-refractivity contribution in [2.45, 2.75) is 39.2 Å². The second-order valence-corrected chi connectivity index (χ2v) is 6.55. The van der Waals surface area contributed by atoms with Crippen molar-refractivity contribution in [1.82, 2.24) is 9.78 Å². The largest absolute Gasteiger partial charge is 0.396 e. The van der Waals surface area contributed by atoms with E-state index < -0.39 is 0 Å². The zero-order valence-electron chi connectivity index (χ0n) is 12.7. The molecular formula is C17H23BrN2O.